The molecule has 2 heterocycles. The van der Waals surface area contributed by atoms with Crippen molar-refractivity contribution < 1.29 is 9.53 Å². The van der Waals surface area contributed by atoms with Crippen LogP contribution in [0, 0.1) is 5.92 Å². The van der Waals surface area contributed by atoms with Crippen molar-refractivity contribution >= 4 is 17.7 Å². The van der Waals surface area contributed by atoms with Crippen molar-refractivity contribution in [2.24, 2.45) is 5.92 Å². The molecule has 0 aliphatic carbocycles. The molecule has 148 valence electrons. The molecule has 4 nitrogen and oxygen atoms in total. The first kappa shape index (κ1) is 20.2. The number of hydrogen-bond donors (Lipinski definition) is 0. The number of rotatable bonds is 5. The fraction of sp³-hybridized carbons (Fsp3) is 0.591. The van der Waals surface area contributed by atoms with Crippen molar-refractivity contribution in [2.45, 2.75) is 51.1 Å². The zero-order chi connectivity index (χ0) is 19.2. The van der Waals surface area contributed by atoms with Crippen LogP contribution in [0.3, 0.4) is 0 Å². The summed E-state index contributed by atoms with van der Waals surface area (Å²) in [4.78, 5) is 16.6. The van der Waals surface area contributed by atoms with Crippen molar-refractivity contribution in [3.8, 4) is 0 Å². The van der Waals surface area contributed by atoms with Crippen LogP contribution in [0.5, 0.6) is 0 Å². The van der Waals surface area contributed by atoms with Crippen molar-refractivity contribution in [2.75, 3.05) is 26.2 Å². The molecular weight excluding hydrogens is 360 g/mol. The Morgan fingerprint density at radius 1 is 1.22 bits per heavy atom. The van der Waals surface area contributed by atoms with E-state index in [2.05, 4.69) is 30.5 Å². The molecule has 1 aromatic rings. The molecule has 3 rings (SSSR count). The summed E-state index contributed by atoms with van der Waals surface area (Å²) in [6.45, 7) is 8.94. The summed E-state index contributed by atoms with van der Waals surface area (Å²) in [5.41, 5.74) is 1.36. The lowest BCUT2D eigenvalue weighted by atomic mass is 9.87. The van der Waals surface area contributed by atoms with Gasteiger partial charge in [-0.05, 0) is 55.7 Å². The molecule has 1 amide bonds. The third-order valence-electron chi connectivity index (χ3n) is 5.89. The summed E-state index contributed by atoms with van der Waals surface area (Å²) in [5, 5.41) is 0.795. The Morgan fingerprint density at radius 3 is 2.59 bits per heavy atom. The molecule has 27 heavy (non-hydrogen) atoms. The molecule has 1 aromatic carbocycles. The van der Waals surface area contributed by atoms with Crippen LogP contribution in [0.4, 0.5) is 4.79 Å². The number of carbonyl (C=O) groups excluding carboxylic acids is 1. The Balaban J connectivity index is 1.59. The van der Waals surface area contributed by atoms with E-state index in [-0.39, 0.29) is 12.7 Å². The number of nitrogens with zero attached hydrogens (tertiary/aromatic N) is 2. The standard InChI is InChI=1S/C22H31ClN2O2/c1-3-14-27-22(26)24-12-10-20(11-13-24)25-16-17(2)4-9-21(25)15-18-5-7-19(23)8-6-18/h3,5-8,17,20-21H,1,4,9-16H2,2H3/t17-,21?/m1/s1. The minimum Gasteiger partial charge on any atom is -0.445 e. The van der Waals surface area contributed by atoms with Crippen molar-refractivity contribution in [1.29, 1.82) is 0 Å². The highest BCUT2D eigenvalue weighted by atomic mass is 35.5. The quantitative estimate of drug-likeness (QED) is 0.679. The highest BCUT2D eigenvalue weighted by molar-refractivity contribution is 6.30. The summed E-state index contributed by atoms with van der Waals surface area (Å²) in [7, 11) is 0. The first-order valence-electron chi connectivity index (χ1n) is 10.1. The lowest BCUT2D eigenvalue weighted by Crippen LogP contribution is -2.53. The molecule has 2 fully saturated rings. The van der Waals surface area contributed by atoms with Gasteiger partial charge in [-0.3, -0.25) is 4.90 Å². The van der Waals surface area contributed by atoms with Gasteiger partial charge in [0.2, 0.25) is 0 Å². The molecule has 0 N–H and O–H groups in total. The van der Waals surface area contributed by atoms with E-state index >= 15 is 0 Å². The highest BCUT2D eigenvalue weighted by Gasteiger charge is 2.34. The molecule has 0 bridgehead atoms. The van der Waals surface area contributed by atoms with Crippen molar-refractivity contribution in [3.05, 3.63) is 47.5 Å². The van der Waals surface area contributed by atoms with Crippen LogP contribution in [-0.2, 0) is 11.2 Å². The zero-order valence-electron chi connectivity index (χ0n) is 16.3. The first-order valence-corrected chi connectivity index (χ1v) is 10.5. The predicted molar refractivity (Wildman–Crippen MR) is 110 cm³/mol. The topological polar surface area (TPSA) is 32.8 Å². The maximum atomic E-state index is 12.1. The number of likely N-dealkylation sites (tertiary alicyclic amines) is 2. The molecular formula is C22H31ClN2O2. The highest BCUT2D eigenvalue weighted by Crippen LogP contribution is 2.30. The Bertz CT molecular complexity index is 626. The van der Waals surface area contributed by atoms with Gasteiger partial charge in [0.05, 0.1) is 0 Å². The monoisotopic (exact) mass is 390 g/mol. The summed E-state index contributed by atoms with van der Waals surface area (Å²) >= 11 is 6.04. The fourth-order valence-electron chi connectivity index (χ4n) is 4.40. The average molecular weight is 391 g/mol. The SMILES string of the molecule is C=CCOC(=O)N1CCC(N2C[C@H](C)CCC2Cc2ccc(Cl)cc2)CC1. The van der Waals surface area contributed by atoms with E-state index in [1.54, 1.807) is 6.08 Å². The number of benzene rings is 1. The van der Waals surface area contributed by atoms with Gasteiger partial charge in [-0.15, -0.1) is 0 Å². The number of hydrogen-bond acceptors (Lipinski definition) is 3. The maximum absolute atomic E-state index is 12.1. The van der Waals surface area contributed by atoms with E-state index < -0.39 is 0 Å². The van der Waals surface area contributed by atoms with Crippen LogP contribution in [0.2, 0.25) is 5.02 Å². The summed E-state index contributed by atoms with van der Waals surface area (Å²) in [6.07, 6.45) is 7.05. The lowest BCUT2D eigenvalue weighted by molar-refractivity contribution is 0.0293. The molecule has 2 aliphatic heterocycles. The number of piperidine rings is 2. The number of ether oxygens (including phenoxy) is 1. The van der Waals surface area contributed by atoms with Crippen LogP contribution in [0.1, 0.15) is 38.2 Å². The second-order valence-electron chi connectivity index (χ2n) is 7.95. The van der Waals surface area contributed by atoms with Gasteiger partial charge in [0.1, 0.15) is 6.61 Å². The van der Waals surface area contributed by atoms with Gasteiger partial charge in [-0.1, -0.05) is 43.3 Å². The van der Waals surface area contributed by atoms with Gasteiger partial charge in [0.25, 0.3) is 0 Å². The molecule has 1 unspecified atom stereocenters. The molecule has 0 aromatic heterocycles. The lowest BCUT2D eigenvalue weighted by Gasteiger charge is -2.46. The average Bonchev–Trinajstić information content (AvgIpc) is 2.69. The second-order valence-corrected chi connectivity index (χ2v) is 8.38. The van der Waals surface area contributed by atoms with E-state index in [9.17, 15) is 4.79 Å². The van der Waals surface area contributed by atoms with Crippen LogP contribution < -0.4 is 0 Å². The van der Waals surface area contributed by atoms with Gasteiger partial charge in [-0.25, -0.2) is 4.79 Å². The van der Waals surface area contributed by atoms with Gasteiger partial charge in [0.15, 0.2) is 0 Å². The van der Waals surface area contributed by atoms with Gasteiger partial charge in [-0.2, -0.15) is 0 Å². The minimum absolute atomic E-state index is 0.210. The van der Waals surface area contributed by atoms with Crippen molar-refractivity contribution in [3.63, 3.8) is 0 Å². The van der Waals surface area contributed by atoms with E-state index in [4.69, 9.17) is 16.3 Å². The summed E-state index contributed by atoms with van der Waals surface area (Å²) in [6, 6.07) is 9.40. The van der Waals surface area contributed by atoms with Crippen LogP contribution >= 0.6 is 11.6 Å². The van der Waals surface area contributed by atoms with Crippen LogP contribution in [0.25, 0.3) is 0 Å². The molecule has 0 spiro atoms. The summed E-state index contributed by atoms with van der Waals surface area (Å²) < 4.78 is 5.18. The molecule has 2 aliphatic rings. The van der Waals surface area contributed by atoms with Crippen molar-refractivity contribution in [1.82, 2.24) is 9.80 Å². The predicted octanol–water partition coefficient (Wildman–Crippen LogP) is 4.77. The van der Waals surface area contributed by atoms with Gasteiger partial charge in [0, 0.05) is 36.7 Å². The minimum atomic E-state index is -0.210. The van der Waals surface area contributed by atoms with Crippen LogP contribution in [-0.4, -0.2) is 54.2 Å². The Hall–Kier alpha value is -1.52. The van der Waals surface area contributed by atoms with E-state index in [0.717, 1.165) is 49.8 Å². The van der Waals surface area contributed by atoms with E-state index in [1.165, 1.54) is 18.4 Å². The molecule has 5 heteroatoms. The van der Waals surface area contributed by atoms with E-state index in [0.29, 0.717) is 12.1 Å². The smallest absolute Gasteiger partial charge is 0.410 e. The molecule has 0 radical (unpaired) electrons. The molecule has 2 atom stereocenters. The largest absolute Gasteiger partial charge is 0.445 e. The molecule has 0 saturated carbocycles. The molecule has 2 saturated heterocycles. The van der Waals surface area contributed by atoms with Gasteiger partial charge >= 0.3 is 6.09 Å². The maximum Gasteiger partial charge on any atom is 0.410 e. The number of amides is 1. The summed E-state index contributed by atoms with van der Waals surface area (Å²) in [5.74, 6) is 0.738. The normalized spacial score (nSPS) is 24.6. The number of carbonyl (C=O) groups is 1. The third kappa shape index (κ3) is 5.49. The second kappa shape index (κ2) is 9.61. The van der Waals surface area contributed by atoms with Gasteiger partial charge < -0.3 is 9.64 Å². The van der Waals surface area contributed by atoms with Crippen LogP contribution in [0.15, 0.2) is 36.9 Å². The van der Waals surface area contributed by atoms with E-state index in [1.807, 2.05) is 17.0 Å². The third-order valence-corrected chi connectivity index (χ3v) is 6.14. The Morgan fingerprint density at radius 2 is 1.93 bits per heavy atom. The zero-order valence-corrected chi connectivity index (χ0v) is 17.0. The first-order chi connectivity index (χ1) is 13.1. The Labute approximate surface area is 168 Å². The number of halogens is 1. The fourth-order valence-corrected chi connectivity index (χ4v) is 4.53. The Kier molecular flexibility index (Phi) is 7.20.